The number of nitrogens with one attached hydrogen (secondary N) is 2. The number of hydrogen-bond acceptors (Lipinski definition) is 10. The number of nitro benzene ring substituents is 2. The van der Waals surface area contributed by atoms with Gasteiger partial charge in [-0.3, -0.25) is 35.1 Å². The summed E-state index contributed by atoms with van der Waals surface area (Å²) in [6.45, 7) is 0. The first-order valence-corrected chi connectivity index (χ1v) is 10.2. The van der Waals surface area contributed by atoms with E-state index in [2.05, 4.69) is 20.8 Å². The van der Waals surface area contributed by atoms with E-state index in [9.17, 15) is 29.8 Å². The van der Waals surface area contributed by atoms with Crippen molar-refractivity contribution in [3.63, 3.8) is 0 Å². The average molecular weight is 460 g/mol. The quantitative estimate of drug-likeness (QED) is 0.221. The Morgan fingerprint density at radius 1 is 0.968 bits per heavy atom. The molecule has 12 nitrogen and oxygen atoms in total. The highest BCUT2D eigenvalue weighted by molar-refractivity contribution is 8.01. The fourth-order valence-electron chi connectivity index (χ4n) is 2.27. The molecule has 2 amide bonds. The molecule has 1 heterocycles. The Morgan fingerprint density at radius 3 is 2.35 bits per heavy atom. The largest absolute Gasteiger partial charge is 0.325 e. The highest BCUT2D eigenvalue weighted by Gasteiger charge is 2.15. The highest BCUT2D eigenvalue weighted by atomic mass is 32.2. The van der Waals surface area contributed by atoms with Crippen LogP contribution in [0.15, 0.2) is 52.9 Å². The molecule has 158 valence electrons. The van der Waals surface area contributed by atoms with Crippen LogP contribution in [0.25, 0.3) is 0 Å². The number of thioether (sulfide) groups is 1. The summed E-state index contributed by atoms with van der Waals surface area (Å²) in [4.78, 5) is 44.7. The van der Waals surface area contributed by atoms with Crippen molar-refractivity contribution in [1.82, 2.24) is 10.2 Å². The summed E-state index contributed by atoms with van der Waals surface area (Å²) in [6, 6.07) is 10.8. The van der Waals surface area contributed by atoms with E-state index in [-0.39, 0.29) is 27.8 Å². The van der Waals surface area contributed by atoms with Gasteiger partial charge in [-0.2, -0.15) is 0 Å². The minimum Gasteiger partial charge on any atom is -0.325 e. The van der Waals surface area contributed by atoms with E-state index in [0.717, 1.165) is 29.2 Å². The summed E-state index contributed by atoms with van der Waals surface area (Å²) < 4.78 is 0.406. The number of nitrogens with zero attached hydrogens (tertiary/aromatic N) is 4. The lowest BCUT2D eigenvalue weighted by atomic mass is 10.2. The van der Waals surface area contributed by atoms with Gasteiger partial charge >= 0.3 is 0 Å². The number of carbonyl (C=O) groups excluding carboxylic acids is 2. The summed E-state index contributed by atoms with van der Waals surface area (Å²) in [5.74, 6) is -1.02. The van der Waals surface area contributed by atoms with E-state index >= 15 is 0 Å². The number of nitro groups is 2. The molecule has 0 aliphatic heterocycles. The predicted octanol–water partition coefficient (Wildman–Crippen LogP) is 3.34. The lowest BCUT2D eigenvalue weighted by molar-refractivity contribution is -0.385. The maximum absolute atomic E-state index is 12.2. The lowest BCUT2D eigenvalue weighted by Gasteiger charge is -2.03. The molecule has 3 rings (SSSR count). The molecule has 14 heteroatoms. The van der Waals surface area contributed by atoms with Gasteiger partial charge in [0.05, 0.1) is 15.6 Å². The number of non-ortho nitro benzene ring substituents is 2. The second kappa shape index (κ2) is 9.73. The number of carbonyl (C=O) groups is 2. The smallest absolute Gasteiger partial charge is 0.271 e. The Morgan fingerprint density at radius 2 is 1.65 bits per heavy atom. The van der Waals surface area contributed by atoms with Gasteiger partial charge in [-0.05, 0) is 12.1 Å². The van der Waals surface area contributed by atoms with Gasteiger partial charge in [-0.15, -0.1) is 10.2 Å². The van der Waals surface area contributed by atoms with E-state index in [1.54, 1.807) is 0 Å². The zero-order valence-electron chi connectivity index (χ0n) is 15.4. The van der Waals surface area contributed by atoms with Crippen molar-refractivity contribution in [2.24, 2.45) is 0 Å². The lowest BCUT2D eigenvalue weighted by Crippen LogP contribution is -2.14. The minimum atomic E-state index is -0.602. The Kier molecular flexibility index (Phi) is 6.84. The third-order valence-electron chi connectivity index (χ3n) is 3.61. The second-order valence-electron chi connectivity index (χ2n) is 5.78. The molecule has 2 aromatic carbocycles. The van der Waals surface area contributed by atoms with Crippen molar-refractivity contribution in [1.29, 1.82) is 0 Å². The standard InChI is InChI=1S/C17H12N6O6S2/c24-14(18-11-4-2-6-13(8-11)23(28)29)9-30-17-21-20-16(31-17)19-15(25)10-3-1-5-12(7-10)22(26)27/h1-8H,9H2,(H,18,24)(H,19,20,25). The normalized spacial score (nSPS) is 10.3. The Hall–Kier alpha value is -3.91. The third-order valence-corrected chi connectivity index (χ3v) is 5.59. The fraction of sp³-hybridized carbons (Fsp3) is 0.0588. The molecule has 0 fully saturated rings. The Bertz CT molecular complexity index is 1170. The molecule has 0 spiro atoms. The molecule has 2 N–H and O–H groups in total. The van der Waals surface area contributed by atoms with Crippen molar-refractivity contribution in [2.45, 2.75) is 4.34 Å². The van der Waals surface area contributed by atoms with Crippen molar-refractivity contribution in [3.05, 3.63) is 74.3 Å². The van der Waals surface area contributed by atoms with Gasteiger partial charge in [-0.25, -0.2) is 0 Å². The van der Waals surface area contributed by atoms with E-state index in [1.165, 1.54) is 42.5 Å². The molecule has 0 aliphatic rings. The van der Waals surface area contributed by atoms with E-state index < -0.39 is 21.7 Å². The van der Waals surface area contributed by atoms with Gasteiger partial charge in [0.2, 0.25) is 11.0 Å². The molecule has 1 aromatic heterocycles. The van der Waals surface area contributed by atoms with E-state index in [4.69, 9.17) is 0 Å². The number of benzene rings is 2. The monoisotopic (exact) mass is 460 g/mol. The van der Waals surface area contributed by atoms with Crippen LogP contribution in [0.2, 0.25) is 0 Å². The van der Waals surface area contributed by atoms with Crippen LogP contribution < -0.4 is 10.6 Å². The van der Waals surface area contributed by atoms with Gasteiger partial charge in [0.15, 0.2) is 4.34 Å². The van der Waals surface area contributed by atoms with Crippen LogP contribution in [0.5, 0.6) is 0 Å². The zero-order valence-corrected chi connectivity index (χ0v) is 17.0. The molecule has 31 heavy (non-hydrogen) atoms. The van der Waals surface area contributed by atoms with Gasteiger partial charge < -0.3 is 5.32 Å². The van der Waals surface area contributed by atoms with Gasteiger partial charge in [-0.1, -0.05) is 35.2 Å². The summed E-state index contributed by atoms with van der Waals surface area (Å²) in [5, 5.41) is 34.5. The molecule has 0 unspecified atom stereocenters. The SMILES string of the molecule is O=C(CSc1nnc(NC(=O)c2cccc([N+](=O)[O-])c2)s1)Nc1cccc([N+](=O)[O-])c1. The molecule has 0 aliphatic carbocycles. The Balaban J connectivity index is 1.54. The molecule has 0 radical (unpaired) electrons. The molecular weight excluding hydrogens is 448 g/mol. The maximum atomic E-state index is 12.2. The predicted molar refractivity (Wildman–Crippen MR) is 113 cm³/mol. The van der Waals surface area contributed by atoms with Crippen LogP contribution in [0.3, 0.4) is 0 Å². The first-order valence-electron chi connectivity index (χ1n) is 8.38. The molecule has 0 saturated heterocycles. The van der Waals surface area contributed by atoms with Gasteiger partial charge in [0.25, 0.3) is 17.3 Å². The number of amides is 2. The van der Waals surface area contributed by atoms with E-state index in [1.807, 2.05) is 0 Å². The highest BCUT2D eigenvalue weighted by Crippen LogP contribution is 2.26. The third kappa shape index (κ3) is 6.03. The summed E-state index contributed by atoms with van der Waals surface area (Å²) >= 11 is 2.09. The molecular formula is C17H12N6O6S2. The van der Waals surface area contributed by atoms with Gasteiger partial charge in [0.1, 0.15) is 0 Å². The Labute approximate surface area is 182 Å². The number of hydrogen-bond donors (Lipinski definition) is 2. The first-order chi connectivity index (χ1) is 14.8. The fourth-order valence-corrected chi connectivity index (χ4v) is 3.82. The summed E-state index contributed by atoms with van der Waals surface area (Å²) in [6.07, 6.45) is 0. The second-order valence-corrected chi connectivity index (χ2v) is 7.98. The van der Waals surface area contributed by atoms with Crippen molar-refractivity contribution in [2.75, 3.05) is 16.4 Å². The van der Waals surface area contributed by atoms with E-state index in [0.29, 0.717) is 10.0 Å². The van der Waals surface area contributed by atoms with Crippen LogP contribution >= 0.6 is 23.1 Å². The molecule has 0 atom stereocenters. The van der Waals surface area contributed by atoms with Crippen molar-refractivity contribution >= 4 is 57.1 Å². The van der Waals surface area contributed by atoms with Crippen LogP contribution in [-0.4, -0.2) is 37.6 Å². The van der Waals surface area contributed by atoms with Crippen LogP contribution in [0.1, 0.15) is 10.4 Å². The first kappa shape index (κ1) is 21.8. The topological polar surface area (TPSA) is 170 Å². The molecule has 0 bridgehead atoms. The van der Waals surface area contributed by atoms with Crippen molar-refractivity contribution < 1.29 is 19.4 Å². The number of aromatic nitrogens is 2. The summed E-state index contributed by atoms with van der Waals surface area (Å²) in [5.41, 5.74) is 0.0338. The average Bonchev–Trinajstić information content (AvgIpc) is 3.19. The van der Waals surface area contributed by atoms with Gasteiger partial charge in [0, 0.05) is 35.5 Å². The summed E-state index contributed by atoms with van der Waals surface area (Å²) in [7, 11) is 0. The maximum Gasteiger partial charge on any atom is 0.271 e. The van der Waals surface area contributed by atoms with Crippen LogP contribution in [-0.2, 0) is 4.79 Å². The minimum absolute atomic E-state index is 0.0316. The number of anilines is 2. The molecule has 3 aromatic rings. The van der Waals surface area contributed by atoms with Crippen LogP contribution in [0, 0.1) is 20.2 Å². The van der Waals surface area contributed by atoms with Crippen molar-refractivity contribution in [3.8, 4) is 0 Å². The van der Waals surface area contributed by atoms with Crippen LogP contribution in [0.4, 0.5) is 22.2 Å². The molecule has 0 saturated carbocycles. The zero-order chi connectivity index (χ0) is 22.4. The number of rotatable bonds is 8.